The summed E-state index contributed by atoms with van der Waals surface area (Å²) in [6.07, 6.45) is 5.94. The number of nitrogens with zero attached hydrogens (tertiary/aromatic N) is 4. The van der Waals surface area contributed by atoms with Gasteiger partial charge in [0.15, 0.2) is 0 Å². The van der Waals surface area contributed by atoms with E-state index in [1.54, 1.807) is 6.08 Å². The Labute approximate surface area is 370 Å². The van der Waals surface area contributed by atoms with E-state index in [2.05, 4.69) is 82.1 Å². The fourth-order valence-corrected chi connectivity index (χ4v) is 10.9. The smallest absolute Gasteiger partial charge is 0.407 e. The molecule has 4 N–H and O–H groups in total. The van der Waals surface area contributed by atoms with E-state index in [-0.39, 0.29) is 41.9 Å². The molecule has 4 amide bonds. The number of H-pyrrole nitrogens is 2. The molecule has 10 rings (SSSR count). The zero-order chi connectivity index (χ0) is 44.4. The zero-order valence-corrected chi connectivity index (χ0v) is 36.5. The van der Waals surface area contributed by atoms with Crippen LogP contribution in [0.15, 0.2) is 103 Å². The van der Waals surface area contributed by atoms with Crippen molar-refractivity contribution in [1.82, 2.24) is 40.4 Å². The lowest BCUT2D eigenvalue weighted by molar-refractivity contribution is -0.138. The van der Waals surface area contributed by atoms with Gasteiger partial charge in [0.05, 0.1) is 49.2 Å². The van der Waals surface area contributed by atoms with Crippen LogP contribution >= 0.6 is 0 Å². The van der Waals surface area contributed by atoms with Gasteiger partial charge >= 0.3 is 12.2 Å². The first-order chi connectivity index (χ1) is 31.0. The van der Waals surface area contributed by atoms with Crippen LogP contribution in [0, 0.1) is 17.8 Å². The van der Waals surface area contributed by atoms with Gasteiger partial charge in [-0.1, -0.05) is 91.4 Å². The van der Waals surface area contributed by atoms with Crippen molar-refractivity contribution in [3.8, 4) is 22.4 Å². The number of rotatable bonds is 10. The van der Waals surface area contributed by atoms with Gasteiger partial charge in [-0.15, -0.1) is 0 Å². The molecule has 2 saturated heterocycles. The summed E-state index contributed by atoms with van der Waals surface area (Å²) in [6, 6.07) is 26.2. The fourth-order valence-electron chi connectivity index (χ4n) is 10.9. The SMILES string of the molecule is COC(=O)NC(C=C(C)C)C(=O)N1C(c2nc3c(ccc4cc(-c5ccc(-c6cnc(C7C8CCC(C8)N7C(=O)C(NC(=O)OC)c7ccccc7)[nH]6)cc5)ccc43)[nH]2)CC2C(C)C21. The van der Waals surface area contributed by atoms with Crippen molar-refractivity contribution in [2.24, 2.45) is 17.8 Å². The third-order valence-corrected chi connectivity index (χ3v) is 14.0. The highest BCUT2D eigenvalue weighted by atomic mass is 16.5. The number of benzene rings is 4. The van der Waals surface area contributed by atoms with E-state index >= 15 is 0 Å². The van der Waals surface area contributed by atoms with Crippen LogP contribution in [0.2, 0.25) is 0 Å². The van der Waals surface area contributed by atoms with Crippen molar-refractivity contribution in [3.05, 3.63) is 120 Å². The molecule has 2 aromatic heterocycles. The normalized spacial score (nSPS) is 24.0. The molecule has 328 valence electrons. The maximum atomic E-state index is 14.3. The third kappa shape index (κ3) is 7.24. The van der Waals surface area contributed by atoms with E-state index in [0.717, 1.165) is 87.1 Å². The van der Waals surface area contributed by atoms with E-state index < -0.39 is 24.3 Å². The molecule has 2 bridgehead atoms. The number of carbonyl (C=O) groups excluding carboxylic acids is 4. The second-order valence-electron chi connectivity index (χ2n) is 18.0. The third-order valence-electron chi connectivity index (χ3n) is 14.0. The second kappa shape index (κ2) is 16.3. The van der Waals surface area contributed by atoms with Crippen LogP contribution in [0.25, 0.3) is 44.2 Å². The Morgan fingerprint density at radius 2 is 1.53 bits per heavy atom. The summed E-state index contributed by atoms with van der Waals surface area (Å²) < 4.78 is 9.75. The first-order valence-corrected chi connectivity index (χ1v) is 22.1. The van der Waals surface area contributed by atoms with Gasteiger partial charge in [0.25, 0.3) is 5.91 Å². The Balaban J connectivity index is 0.877. The molecule has 2 saturated carbocycles. The van der Waals surface area contributed by atoms with Gasteiger partial charge in [0.2, 0.25) is 5.91 Å². The molecular weight excluding hydrogens is 809 g/mol. The zero-order valence-electron chi connectivity index (χ0n) is 36.5. The molecule has 9 atom stereocenters. The lowest BCUT2D eigenvalue weighted by atomic mass is 9.96. The van der Waals surface area contributed by atoms with Crippen molar-refractivity contribution in [3.63, 3.8) is 0 Å². The number of nitrogens with one attached hydrogen (secondary N) is 4. The van der Waals surface area contributed by atoms with Gasteiger partial charge in [-0.3, -0.25) is 9.59 Å². The highest BCUT2D eigenvalue weighted by Crippen LogP contribution is 2.58. The summed E-state index contributed by atoms with van der Waals surface area (Å²) in [4.78, 5) is 74.1. The summed E-state index contributed by atoms with van der Waals surface area (Å²) in [5.41, 5.74) is 7.33. The Morgan fingerprint density at radius 3 is 2.28 bits per heavy atom. The number of methoxy groups -OCH3 is 2. The molecule has 4 fully saturated rings. The molecular formula is C50H52N8O6. The number of likely N-dealkylation sites (tertiary alicyclic amines) is 2. The fraction of sp³-hybridized carbons (Fsp3) is 0.360. The second-order valence-corrected chi connectivity index (χ2v) is 18.0. The van der Waals surface area contributed by atoms with Gasteiger partial charge < -0.3 is 39.9 Å². The van der Waals surface area contributed by atoms with Crippen molar-refractivity contribution < 1.29 is 28.7 Å². The number of imidazole rings is 2. The summed E-state index contributed by atoms with van der Waals surface area (Å²) in [5.74, 6) is 2.20. The molecule has 14 nitrogen and oxygen atoms in total. The lowest BCUT2D eigenvalue weighted by Gasteiger charge is -2.36. The Kier molecular flexibility index (Phi) is 10.5. The Bertz CT molecular complexity index is 2810. The van der Waals surface area contributed by atoms with Crippen LogP contribution in [-0.4, -0.2) is 86.1 Å². The topological polar surface area (TPSA) is 175 Å². The highest BCUT2D eigenvalue weighted by Gasteiger charge is 2.61. The lowest BCUT2D eigenvalue weighted by Crippen LogP contribution is -2.49. The van der Waals surface area contributed by atoms with Gasteiger partial charge in [-0.25, -0.2) is 19.6 Å². The van der Waals surface area contributed by atoms with Gasteiger partial charge in [0.1, 0.15) is 23.7 Å². The number of allylic oxidation sites excluding steroid dienone is 1. The van der Waals surface area contributed by atoms with Crippen LogP contribution in [0.4, 0.5) is 9.59 Å². The van der Waals surface area contributed by atoms with E-state index in [1.807, 2.05) is 60.2 Å². The van der Waals surface area contributed by atoms with Gasteiger partial charge in [0, 0.05) is 17.5 Å². The number of hydrogen-bond acceptors (Lipinski definition) is 8. The largest absolute Gasteiger partial charge is 0.453 e. The van der Waals surface area contributed by atoms with Crippen LogP contribution in [0.3, 0.4) is 0 Å². The molecule has 2 aliphatic carbocycles. The highest BCUT2D eigenvalue weighted by molar-refractivity contribution is 6.05. The molecule has 6 aromatic rings. The number of amides is 4. The van der Waals surface area contributed by atoms with Crippen LogP contribution < -0.4 is 10.6 Å². The number of carbonyl (C=O) groups is 4. The van der Waals surface area contributed by atoms with Crippen molar-refractivity contribution >= 4 is 45.8 Å². The summed E-state index contributed by atoms with van der Waals surface area (Å²) in [7, 11) is 2.59. The Hall–Kier alpha value is -6.96. The number of ether oxygens (including phenoxy) is 2. The quantitative estimate of drug-likeness (QED) is 0.0992. The number of aromatic amines is 2. The van der Waals surface area contributed by atoms with Crippen molar-refractivity contribution in [2.45, 2.75) is 82.7 Å². The molecule has 0 radical (unpaired) electrons. The maximum absolute atomic E-state index is 14.3. The number of aromatic nitrogens is 4. The monoisotopic (exact) mass is 860 g/mol. The first-order valence-electron chi connectivity index (χ1n) is 22.1. The van der Waals surface area contributed by atoms with Gasteiger partial charge in [-0.2, -0.15) is 0 Å². The number of fused-ring (bicyclic) bond motifs is 6. The molecule has 14 heteroatoms. The molecule has 9 unspecified atom stereocenters. The van der Waals surface area contributed by atoms with Crippen LogP contribution in [0.1, 0.15) is 81.8 Å². The molecule has 4 aliphatic rings. The first kappa shape index (κ1) is 41.1. The average Bonchev–Trinajstić information content (AvgIpc) is 4.04. The van der Waals surface area contributed by atoms with E-state index in [4.69, 9.17) is 19.4 Å². The standard InChI is InChI=1S/C50H52N8O6/c1-26(2)21-38(54-49(61)63-4)47(59)58-40(24-36-27(3)43(36)58)45-52-37-20-17-32-22-31(16-19-35(32)42(37)55-45)28-11-13-29(14-12-28)39-25-51-46(53-39)44-33-15-18-34(23-33)57(44)48(60)41(56-50(62)64-5)30-9-7-6-8-10-30/h6-14,16-17,19-22,25,27,33-34,36,38,40-41,43-44H,15,18,23-24H2,1-5H3,(H,51,53)(H,52,55)(H,54,61)(H,56,62). The van der Waals surface area contributed by atoms with Crippen molar-refractivity contribution in [2.75, 3.05) is 14.2 Å². The predicted molar refractivity (Wildman–Crippen MR) is 241 cm³/mol. The minimum Gasteiger partial charge on any atom is -0.453 e. The van der Waals surface area contributed by atoms with Crippen LogP contribution in [0.5, 0.6) is 0 Å². The number of piperidine rings is 2. The minimum absolute atomic E-state index is 0.0702. The predicted octanol–water partition coefficient (Wildman–Crippen LogP) is 8.52. The maximum Gasteiger partial charge on any atom is 0.407 e. The van der Waals surface area contributed by atoms with Gasteiger partial charge in [-0.05, 0) is 97.1 Å². The summed E-state index contributed by atoms with van der Waals surface area (Å²) in [5, 5.41) is 7.57. The van der Waals surface area contributed by atoms with E-state index in [0.29, 0.717) is 17.4 Å². The number of hydrogen-bond donors (Lipinski definition) is 4. The molecule has 0 spiro atoms. The molecule has 4 aromatic carbocycles. The Morgan fingerprint density at radius 1 is 0.797 bits per heavy atom. The molecule has 4 heterocycles. The summed E-state index contributed by atoms with van der Waals surface area (Å²) >= 11 is 0. The van der Waals surface area contributed by atoms with Crippen molar-refractivity contribution in [1.29, 1.82) is 0 Å². The number of alkyl carbamates (subject to hydrolysis) is 2. The van der Waals surface area contributed by atoms with E-state index in [1.165, 1.54) is 14.2 Å². The summed E-state index contributed by atoms with van der Waals surface area (Å²) in [6.45, 7) is 5.99. The molecule has 2 aliphatic heterocycles. The minimum atomic E-state index is -0.880. The molecule has 64 heavy (non-hydrogen) atoms. The van der Waals surface area contributed by atoms with E-state index in [9.17, 15) is 19.2 Å². The average molecular weight is 861 g/mol. The van der Waals surface area contributed by atoms with Crippen LogP contribution in [-0.2, 0) is 19.1 Å².